The number of rotatable bonds is 3. The molecule has 1 unspecified atom stereocenters. The Hall–Kier alpha value is -2.39. The van der Waals surface area contributed by atoms with Crippen molar-refractivity contribution in [2.75, 3.05) is 32.7 Å². The summed E-state index contributed by atoms with van der Waals surface area (Å²) >= 11 is 0. The Morgan fingerprint density at radius 3 is 2.76 bits per heavy atom. The predicted octanol–water partition coefficient (Wildman–Crippen LogP) is 0.885. The zero-order valence-electron chi connectivity index (χ0n) is 17.1. The molecular formula is C19H28ClN7O2. The van der Waals surface area contributed by atoms with Crippen LogP contribution in [0.1, 0.15) is 34.7 Å². The van der Waals surface area contributed by atoms with Gasteiger partial charge in [0.15, 0.2) is 0 Å². The predicted molar refractivity (Wildman–Crippen MR) is 111 cm³/mol. The van der Waals surface area contributed by atoms with Gasteiger partial charge in [-0.25, -0.2) is 0 Å². The van der Waals surface area contributed by atoms with Crippen molar-refractivity contribution in [2.24, 2.45) is 7.05 Å². The number of carbonyl (C=O) groups excluding carboxylic acids is 2. The molecule has 2 aromatic rings. The summed E-state index contributed by atoms with van der Waals surface area (Å²) in [6.07, 6.45) is 1.84. The van der Waals surface area contributed by atoms with Crippen molar-refractivity contribution in [1.82, 2.24) is 35.1 Å². The number of aryl methyl sites for hydroxylation is 2. The standard InChI is InChI=1S/C19H27N7O2.ClH/c1-12-18(13(2)24(3)23-12)15-9-16(22-21-15)19(28)25-7-4-5-14(11-25)26-8-6-20-10-17(26)27;/h9,14,20H,4-8,10-11H2,1-3H3,(H,21,22);1H. The molecule has 1 atom stereocenters. The lowest BCUT2D eigenvalue weighted by molar-refractivity contribution is -0.135. The molecule has 0 aliphatic carbocycles. The minimum atomic E-state index is -0.0646. The van der Waals surface area contributed by atoms with Crippen molar-refractivity contribution in [3.8, 4) is 11.3 Å². The highest BCUT2D eigenvalue weighted by Crippen LogP contribution is 2.26. The number of H-pyrrole nitrogens is 1. The van der Waals surface area contributed by atoms with E-state index in [0.717, 1.165) is 42.0 Å². The molecule has 0 spiro atoms. The van der Waals surface area contributed by atoms with Gasteiger partial charge >= 0.3 is 0 Å². The number of piperidine rings is 1. The van der Waals surface area contributed by atoms with Gasteiger partial charge in [0.2, 0.25) is 5.91 Å². The van der Waals surface area contributed by atoms with E-state index in [1.165, 1.54) is 0 Å². The molecule has 4 heterocycles. The minimum absolute atomic E-state index is 0. The first-order valence-electron chi connectivity index (χ1n) is 9.81. The second-order valence-electron chi connectivity index (χ2n) is 7.65. The van der Waals surface area contributed by atoms with E-state index < -0.39 is 0 Å². The molecule has 2 saturated heterocycles. The van der Waals surface area contributed by atoms with Gasteiger partial charge in [0.25, 0.3) is 5.91 Å². The molecule has 0 aromatic carbocycles. The van der Waals surface area contributed by atoms with Crippen LogP contribution in [-0.2, 0) is 11.8 Å². The normalized spacial score (nSPS) is 20.0. The molecule has 0 radical (unpaired) electrons. The van der Waals surface area contributed by atoms with E-state index in [9.17, 15) is 9.59 Å². The molecule has 2 aliphatic heterocycles. The molecule has 4 rings (SSSR count). The maximum atomic E-state index is 13.0. The van der Waals surface area contributed by atoms with Crippen LogP contribution in [0, 0.1) is 13.8 Å². The van der Waals surface area contributed by atoms with Crippen molar-refractivity contribution in [3.05, 3.63) is 23.1 Å². The van der Waals surface area contributed by atoms with E-state index in [4.69, 9.17) is 0 Å². The smallest absolute Gasteiger partial charge is 0.271 e. The molecule has 0 saturated carbocycles. The fourth-order valence-electron chi connectivity index (χ4n) is 4.27. The average Bonchev–Trinajstić information content (AvgIpc) is 3.26. The third-order valence-electron chi connectivity index (χ3n) is 5.82. The van der Waals surface area contributed by atoms with Gasteiger partial charge < -0.3 is 15.1 Å². The third kappa shape index (κ3) is 4.02. The number of carbonyl (C=O) groups is 2. The Bertz CT molecular complexity index is 907. The number of aromatic amines is 1. The fraction of sp³-hybridized carbons (Fsp3) is 0.579. The van der Waals surface area contributed by atoms with Gasteiger partial charge in [-0.05, 0) is 32.8 Å². The van der Waals surface area contributed by atoms with Gasteiger partial charge in [-0.3, -0.25) is 19.4 Å². The zero-order chi connectivity index (χ0) is 19.8. The van der Waals surface area contributed by atoms with Gasteiger partial charge in [0.1, 0.15) is 5.69 Å². The summed E-state index contributed by atoms with van der Waals surface area (Å²) in [5, 5.41) is 14.8. The Balaban J connectivity index is 0.00000240. The van der Waals surface area contributed by atoms with E-state index >= 15 is 0 Å². The van der Waals surface area contributed by atoms with Crippen LogP contribution in [0.5, 0.6) is 0 Å². The van der Waals surface area contributed by atoms with E-state index in [1.807, 2.05) is 35.4 Å². The molecule has 2 fully saturated rings. The summed E-state index contributed by atoms with van der Waals surface area (Å²) in [5.74, 6) is 0.0575. The molecular weight excluding hydrogens is 394 g/mol. The molecule has 10 heteroatoms. The number of amides is 2. The van der Waals surface area contributed by atoms with Crippen LogP contribution in [0.2, 0.25) is 0 Å². The van der Waals surface area contributed by atoms with Crippen LogP contribution in [0.15, 0.2) is 6.07 Å². The maximum absolute atomic E-state index is 13.0. The highest BCUT2D eigenvalue weighted by atomic mass is 35.5. The van der Waals surface area contributed by atoms with Crippen LogP contribution in [0.4, 0.5) is 0 Å². The molecule has 2 N–H and O–H groups in total. The van der Waals surface area contributed by atoms with Gasteiger partial charge in [0, 0.05) is 50.5 Å². The Labute approximate surface area is 176 Å². The van der Waals surface area contributed by atoms with Crippen molar-refractivity contribution in [3.63, 3.8) is 0 Å². The summed E-state index contributed by atoms with van der Waals surface area (Å²) in [6, 6.07) is 1.90. The molecule has 158 valence electrons. The first-order valence-corrected chi connectivity index (χ1v) is 9.81. The van der Waals surface area contributed by atoms with E-state index in [0.29, 0.717) is 31.9 Å². The fourth-order valence-corrected chi connectivity index (χ4v) is 4.27. The second-order valence-corrected chi connectivity index (χ2v) is 7.65. The monoisotopic (exact) mass is 421 g/mol. The van der Waals surface area contributed by atoms with Crippen LogP contribution >= 0.6 is 12.4 Å². The second kappa shape index (κ2) is 8.54. The van der Waals surface area contributed by atoms with Crippen LogP contribution in [-0.4, -0.2) is 80.4 Å². The quantitative estimate of drug-likeness (QED) is 0.766. The largest absolute Gasteiger partial charge is 0.336 e. The number of piperazine rings is 1. The lowest BCUT2D eigenvalue weighted by Crippen LogP contribution is -2.57. The highest BCUT2D eigenvalue weighted by molar-refractivity contribution is 5.93. The summed E-state index contributed by atoms with van der Waals surface area (Å²) in [4.78, 5) is 29.0. The van der Waals surface area contributed by atoms with Gasteiger partial charge in [-0.1, -0.05) is 0 Å². The Kier molecular flexibility index (Phi) is 6.28. The van der Waals surface area contributed by atoms with Crippen molar-refractivity contribution in [2.45, 2.75) is 32.7 Å². The number of nitrogens with one attached hydrogen (secondary N) is 2. The molecule has 29 heavy (non-hydrogen) atoms. The molecule has 2 aliphatic rings. The minimum Gasteiger partial charge on any atom is -0.336 e. The third-order valence-corrected chi connectivity index (χ3v) is 5.82. The Morgan fingerprint density at radius 1 is 1.28 bits per heavy atom. The van der Waals surface area contributed by atoms with E-state index in [1.54, 1.807) is 6.07 Å². The van der Waals surface area contributed by atoms with Gasteiger partial charge in [-0.2, -0.15) is 10.2 Å². The topological polar surface area (TPSA) is 99.1 Å². The molecule has 0 bridgehead atoms. The maximum Gasteiger partial charge on any atom is 0.271 e. The molecule has 2 amide bonds. The lowest BCUT2D eigenvalue weighted by atomic mass is 10.0. The number of nitrogens with zero attached hydrogens (tertiary/aromatic N) is 5. The summed E-state index contributed by atoms with van der Waals surface area (Å²) < 4.78 is 1.82. The van der Waals surface area contributed by atoms with Gasteiger partial charge in [0.05, 0.1) is 17.9 Å². The average molecular weight is 422 g/mol. The van der Waals surface area contributed by atoms with Crippen molar-refractivity contribution < 1.29 is 9.59 Å². The number of hydrogen-bond acceptors (Lipinski definition) is 5. The Morgan fingerprint density at radius 2 is 2.07 bits per heavy atom. The summed E-state index contributed by atoms with van der Waals surface area (Å²) in [7, 11) is 1.90. The number of halogens is 1. The highest BCUT2D eigenvalue weighted by Gasteiger charge is 2.32. The molecule has 9 nitrogen and oxygen atoms in total. The van der Waals surface area contributed by atoms with Crippen LogP contribution < -0.4 is 5.32 Å². The molecule has 2 aromatic heterocycles. The number of likely N-dealkylation sites (tertiary alicyclic amines) is 1. The summed E-state index contributed by atoms with van der Waals surface area (Å²) in [5.41, 5.74) is 4.07. The van der Waals surface area contributed by atoms with Crippen LogP contribution in [0.25, 0.3) is 11.3 Å². The van der Waals surface area contributed by atoms with Crippen molar-refractivity contribution >= 4 is 24.2 Å². The van der Waals surface area contributed by atoms with Gasteiger partial charge in [-0.15, -0.1) is 12.4 Å². The SMILES string of the molecule is Cc1nn(C)c(C)c1-c1cc(C(=O)N2CCCC(N3CCNCC3=O)C2)[nH]n1.Cl. The lowest BCUT2D eigenvalue weighted by Gasteiger charge is -2.41. The number of hydrogen-bond donors (Lipinski definition) is 2. The van der Waals surface area contributed by atoms with Crippen molar-refractivity contribution in [1.29, 1.82) is 0 Å². The van der Waals surface area contributed by atoms with E-state index in [-0.39, 0.29) is 30.3 Å². The first kappa shape index (κ1) is 21.3. The summed E-state index contributed by atoms with van der Waals surface area (Å²) in [6.45, 7) is 7.11. The van der Waals surface area contributed by atoms with E-state index in [2.05, 4.69) is 20.6 Å². The first-order chi connectivity index (χ1) is 13.5. The van der Waals surface area contributed by atoms with Crippen LogP contribution in [0.3, 0.4) is 0 Å². The zero-order valence-corrected chi connectivity index (χ0v) is 17.9. The number of aromatic nitrogens is 4.